The van der Waals surface area contributed by atoms with Crippen molar-refractivity contribution in [2.24, 2.45) is 17.4 Å². The second-order valence-corrected chi connectivity index (χ2v) is 7.33. The van der Waals surface area contributed by atoms with Crippen molar-refractivity contribution >= 4 is 11.4 Å². The molecule has 1 fully saturated rings. The Morgan fingerprint density at radius 3 is 2.64 bits per heavy atom. The van der Waals surface area contributed by atoms with Crippen molar-refractivity contribution in [2.75, 3.05) is 10.7 Å². The first-order valence-corrected chi connectivity index (χ1v) is 8.96. The van der Waals surface area contributed by atoms with E-state index in [9.17, 15) is 0 Å². The van der Waals surface area contributed by atoms with Gasteiger partial charge in [0.05, 0.1) is 5.70 Å². The van der Waals surface area contributed by atoms with Gasteiger partial charge in [0.15, 0.2) is 5.82 Å². The predicted octanol–water partition coefficient (Wildman–Crippen LogP) is 2.37. The third kappa shape index (κ3) is 3.15. The Bertz CT molecular complexity index is 769. The van der Waals surface area contributed by atoms with Crippen LogP contribution in [0.25, 0.3) is 5.70 Å². The lowest BCUT2D eigenvalue weighted by atomic mass is 9.78. The van der Waals surface area contributed by atoms with E-state index in [0.29, 0.717) is 12.0 Å². The largest absolute Gasteiger partial charge is 0.353 e. The molecule has 1 aliphatic carbocycles. The summed E-state index contributed by atoms with van der Waals surface area (Å²) in [5.41, 5.74) is 18.9. The van der Waals surface area contributed by atoms with Crippen molar-refractivity contribution in [3.05, 3.63) is 54.1 Å². The Hall–Kier alpha value is -2.31. The maximum Gasteiger partial charge on any atom is 0.174 e. The van der Waals surface area contributed by atoms with Gasteiger partial charge in [0.25, 0.3) is 0 Å². The highest BCUT2D eigenvalue weighted by atomic mass is 15.5. The number of nitrogens with two attached hydrogens (primary N) is 2. The fraction of sp³-hybridized carbons (Fsp3) is 0.421. The molecule has 1 aromatic carbocycles. The summed E-state index contributed by atoms with van der Waals surface area (Å²) in [4.78, 5) is 4.47. The molecule has 1 aromatic heterocycles. The van der Waals surface area contributed by atoms with Crippen molar-refractivity contribution in [3.8, 4) is 0 Å². The molecule has 2 heterocycles. The van der Waals surface area contributed by atoms with Crippen LogP contribution in [-0.2, 0) is 0 Å². The van der Waals surface area contributed by atoms with Crippen molar-refractivity contribution in [1.82, 2.24) is 9.66 Å². The van der Waals surface area contributed by atoms with E-state index in [4.69, 9.17) is 11.5 Å². The summed E-state index contributed by atoms with van der Waals surface area (Å²) in [6.07, 6.45) is 9.90. The highest BCUT2D eigenvalue weighted by Crippen LogP contribution is 2.35. The maximum atomic E-state index is 6.80. The van der Waals surface area contributed by atoms with Crippen molar-refractivity contribution in [2.45, 2.75) is 44.3 Å². The lowest BCUT2D eigenvalue weighted by Gasteiger charge is -2.42. The van der Waals surface area contributed by atoms with Crippen LogP contribution < -0.4 is 22.2 Å². The zero-order chi connectivity index (χ0) is 17.4. The maximum absolute atomic E-state index is 6.80. The van der Waals surface area contributed by atoms with Gasteiger partial charge in [-0.05, 0) is 50.8 Å². The van der Waals surface area contributed by atoms with Crippen molar-refractivity contribution in [3.63, 3.8) is 0 Å². The third-order valence-electron chi connectivity index (χ3n) is 5.36. The van der Waals surface area contributed by atoms with Crippen molar-refractivity contribution in [1.29, 1.82) is 0 Å². The zero-order valence-electron chi connectivity index (χ0n) is 14.6. The second kappa shape index (κ2) is 6.20. The van der Waals surface area contributed by atoms with Gasteiger partial charge in [-0.2, -0.15) is 0 Å². The summed E-state index contributed by atoms with van der Waals surface area (Å²) in [5, 5.41) is 3.49. The normalized spacial score (nSPS) is 28.7. The highest BCUT2D eigenvalue weighted by Gasteiger charge is 2.39. The van der Waals surface area contributed by atoms with E-state index in [-0.39, 0.29) is 0 Å². The molecular formula is C19H26N6. The number of fused-ring (bicyclic) bond motifs is 1. The molecular weight excluding hydrogens is 312 g/mol. The van der Waals surface area contributed by atoms with Gasteiger partial charge in [-0.25, -0.2) is 9.66 Å². The summed E-state index contributed by atoms with van der Waals surface area (Å²) in [7, 11) is 0. The van der Waals surface area contributed by atoms with Crippen LogP contribution >= 0.6 is 0 Å². The number of nitrogens with zero attached hydrogens (tertiary/aromatic N) is 2. The molecule has 1 unspecified atom stereocenters. The molecule has 1 saturated carbocycles. The minimum atomic E-state index is -0.610. The number of hydrogen-bond acceptors (Lipinski definition) is 5. The van der Waals surface area contributed by atoms with E-state index in [1.807, 2.05) is 10.9 Å². The number of anilines is 1. The molecule has 0 spiro atoms. The molecule has 0 saturated heterocycles. The monoisotopic (exact) mass is 338 g/mol. The van der Waals surface area contributed by atoms with Crippen LogP contribution in [0.1, 0.15) is 37.1 Å². The molecule has 6 heteroatoms. The fourth-order valence-electron chi connectivity index (χ4n) is 3.83. The average Bonchev–Trinajstić information content (AvgIpc) is 3.05. The summed E-state index contributed by atoms with van der Waals surface area (Å²) in [6.45, 7) is 2.08. The SMILES string of the molecule is Cc1ccc(NC2=CC(N)(C3CCC(N)CC3)Nn3ccnc32)cc1. The van der Waals surface area contributed by atoms with Crippen LogP contribution in [0, 0.1) is 12.8 Å². The number of nitrogens with one attached hydrogen (secondary N) is 2. The number of aromatic nitrogens is 2. The van der Waals surface area contributed by atoms with Gasteiger partial charge < -0.3 is 22.2 Å². The molecule has 1 atom stereocenters. The number of rotatable bonds is 3. The molecule has 0 bridgehead atoms. The van der Waals surface area contributed by atoms with Crippen LogP contribution in [0.15, 0.2) is 42.7 Å². The average molecular weight is 338 g/mol. The molecule has 6 nitrogen and oxygen atoms in total. The number of imidazole rings is 1. The van der Waals surface area contributed by atoms with Crippen molar-refractivity contribution < 1.29 is 0 Å². The van der Waals surface area contributed by atoms with Gasteiger partial charge in [0.1, 0.15) is 5.66 Å². The molecule has 1 aliphatic heterocycles. The molecule has 4 rings (SSSR count). The minimum Gasteiger partial charge on any atom is -0.353 e. The van der Waals surface area contributed by atoms with Gasteiger partial charge in [0.2, 0.25) is 0 Å². The van der Waals surface area contributed by atoms with Gasteiger partial charge >= 0.3 is 0 Å². The molecule has 25 heavy (non-hydrogen) atoms. The first-order valence-electron chi connectivity index (χ1n) is 8.96. The third-order valence-corrected chi connectivity index (χ3v) is 5.36. The molecule has 6 N–H and O–H groups in total. The molecule has 0 amide bonds. The van der Waals surface area contributed by atoms with Gasteiger partial charge in [0, 0.05) is 30.0 Å². The Labute approximate surface area is 148 Å². The van der Waals surface area contributed by atoms with Crippen LogP contribution in [0.5, 0.6) is 0 Å². The van der Waals surface area contributed by atoms with Gasteiger partial charge in [-0.15, -0.1) is 0 Å². The van der Waals surface area contributed by atoms with Gasteiger partial charge in [-0.3, -0.25) is 0 Å². The van der Waals surface area contributed by atoms with Crippen LogP contribution in [0.3, 0.4) is 0 Å². The quantitative estimate of drug-likeness (QED) is 0.689. The molecule has 2 aliphatic rings. The smallest absolute Gasteiger partial charge is 0.174 e. The van der Waals surface area contributed by atoms with E-state index in [1.165, 1.54) is 5.56 Å². The Balaban J connectivity index is 1.64. The summed E-state index contributed by atoms with van der Waals surface area (Å²) >= 11 is 0. The Morgan fingerprint density at radius 1 is 1.20 bits per heavy atom. The summed E-state index contributed by atoms with van der Waals surface area (Å²) in [6, 6.07) is 8.64. The van der Waals surface area contributed by atoms with Crippen LogP contribution in [0.2, 0.25) is 0 Å². The fourth-order valence-corrected chi connectivity index (χ4v) is 3.83. The minimum absolute atomic E-state index is 0.307. The zero-order valence-corrected chi connectivity index (χ0v) is 14.6. The Kier molecular flexibility index (Phi) is 4.01. The first kappa shape index (κ1) is 16.2. The van der Waals surface area contributed by atoms with E-state index < -0.39 is 5.66 Å². The van der Waals surface area contributed by atoms with Crippen LogP contribution in [0.4, 0.5) is 5.69 Å². The van der Waals surface area contributed by atoms with E-state index in [2.05, 4.69) is 53.0 Å². The van der Waals surface area contributed by atoms with E-state index in [1.54, 1.807) is 6.20 Å². The van der Waals surface area contributed by atoms with Crippen LogP contribution in [-0.4, -0.2) is 21.4 Å². The van der Waals surface area contributed by atoms with Gasteiger partial charge in [-0.1, -0.05) is 17.7 Å². The molecule has 132 valence electrons. The van der Waals surface area contributed by atoms with E-state index >= 15 is 0 Å². The second-order valence-electron chi connectivity index (χ2n) is 7.33. The van der Waals surface area contributed by atoms with E-state index in [0.717, 1.165) is 42.9 Å². The molecule has 0 radical (unpaired) electrons. The topological polar surface area (TPSA) is 93.9 Å². The molecule has 2 aromatic rings. The Morgan fingerprint density at radius 2 is 1.92 bits per heavy atom. The predicted molar refractivity (Wildman–Crippen MR) is 101 cm³/mol. The lowest BCUT2D eigenvalue weighted by Crippen LogP contribution is -2.58. The number of benzene rings is 1. The number of aryl methyl sites for hydroxylation is 1. The summed E-state index contributed by atoms with van der Waals surface area (Å²) < 4.78 is 1.92. The number of hydrogen-bond donors (Lipinski definition) is 4. The summed E-state index contributed by atoms with van der Waals surface area (Å²) in [5.74, 6) is 1.19. The lowest BCUT2D eigenvalue weighted by molar-refractivity contribution is 0.239. The highest BCUT2D eigenvalue weighted by molar-refractivity contribution is 5.76. The standard InChI is InChI=1S/C19H26N6/c1-13-2-8-16(9-3-13)23-17-12-19(21,14-4-6-15(20)7-5-14)24-25-11-10-22-18(17)25/h2-3,8-12,14-15,23-24H,4-7,20-21H2,1H3. The first-order chi connectivity index (χ1) is 12.0.